The second kappa shape index (κ2) is 5.70. The summed E-state index contributed by atoms with van der Waals surface area (Å²) in [6.45, 7) is 5.39. The molecule has 0 spiro atoms. The zero-order valence-corrected chi connectivity index (χ0v) is 9.62. The standard InChI is InChI=1S/C10H20N2O3/c1-4-6-10(3,11)9(15)12(5-2)7-8(13)14/h4-7,11H2,1-3H3,(H,13,14). The van der Waals surface area contributed by atoms with Crippen molar-refractivity contribution in [2.75, 3.05) is 13.1 Å². The van der Waals surface area contributed by atoms with Gasteiger partial charge in [0.15, 0.2) is 0 Å². The van der Waals surface area contributed by atoms with Crippen LogP contribution in [0.5, 0.6) is 0 Å². The van der Waals surface area contributed by atoms with E-state index in [9.17, 15) is 9.59 Å². The quantitative estimate of drug-likeness (QED) is 0.674. The zero-order valence-electron chi connectivity index (χ0n) is 9.62. The van der Waals surface area contributed by atoms with Crippen LogP contribution < -0.4 is 5.73 Å². The van der Waals surface area contributed by atoms with Crippen molar-refractivity contribution in [3.05, 3.63) is 0 Å². The van der Waals surface area contributed by atoms with E-state index in [2.05, 4.69) is 0 Å². The van der Waals surface area contributed by atoms with Crippen LogP contribution >= 0.6 is 0 Å². The Bertz CT molecular complexity index is 239. The minimum Gasteiger partial charge on any atom is -0.480 e. The molecule has 0 saturated carbocycles. The van der Waals surface area contributed by atoms with Crippen LogP contribution in [0.25, 0.3) is 0 Å². The van der Waals surface area contributed by atoms with Gasteiger partial charge in [0.1, 0.15) is 6.54 Å². The number of rotatable bonds is 6. The first-order valence-corrected chi connectivity index (χ1v) is 5.15. The maximum Gasteiger partial charge on any atom is 0.323 e. The molecule has 1 amide bonds. The molecule has 88 valence electrons. The van der Waals surface area contributed by atoms with Crippen LogP contribution in [0.4, 0.5) is 0 Å². The first-order valence-electron chi connectivity index (χ1n) is 5.15. The summed E-state index contributed by atoms with van der Waals surface area (Å²) in [4.78, 5) is 23.6. The predicted molar refractivity (Wildman–Crippen MR) is 57.4 cm³/mol. The first kappa shape index (κ1) is 13.9. The fourth-order valence-corrected chi connectivity index (χ4v) is 1.48. The van der Waals surface area contributed by atoms with Crippen molar-refractivity contribution in [3.63, 3.8) is 0 Å². The molecule has 0 fully saturated rings. The van der Waals surface area contributed by atoms with E-state index in [-0.39, 0.29) is 12.5 Å². The number of carbonyl (C=O) groups is 2. The van der Waals surface area contributed by atoms with Crippen molar-refractivity contribution >= 4 is 11.9 Å². The van der Waals surface area contributed by atoms with Crippen LogP contribution in [-0.2, 0) is 9.59 Å². The second-order valence-corrected chi connectivity index (χ2v) is 3.88. The van der Waals surface area contributed by atoms with E-state index in [0.29, 0.717) is 13.0 Å². The average molecular weight is 216 g/mol. The number of carbonyl (C=O) groups excluding carboxylic acids is 1. The topological polar surface area (TPSA) is 83.6 Å². The SMILES string of the molecule is CCCC(C)(N)C(=O)N(CC)CC(=O)O. The number of carboxylic acid groups (broad SMARTS) is 1. The summed E-state index contributed by atoms with van der Waals surface area (Å²) in [5.41, 5.74) is 4.88. The third-order valence-electron chi connectivity index (χ3n) is 2.25. The van der Waals surface area contributed by atoms with Gasteiger partial charge in [-0.2, -0.15) is 0 Å². The molecule has 5 heteroatoms. The molecule has 15 heavy (non-hydrogen) atoms. The Labute approximate surface area is 90.2 Å². The zero-order chi connectivity index (χ0) is 12.1. The van der Waals surface area contributed by atoms with Gasteiger partial charge >= 0.3 is 5.97 Å². The molecule has 0 heterocycles. The molecule has 0 aliphatic carbocycles. The Morgan fingerprint density at radius 2 is 1.93 bits per heavy atom. The van der Waals surface area contributed by atoms with Gasteiger partial charge < -0.3 is 15.7 Å². The van der Waals surface area contributed by atoms with E-state index in [1.54, 1.807) is 13.8 Å². The van der Waals surface area contributed by atoms with Crippen molar-refractivity contribution < 1.29 is 14.7 Å². The molecule has 0 rings (SSSR count). The number of nitrogens with two attached hydrogens (primary N) is 1. The number of amides is 1. The Morgan fingerprint density at radius 1 is 1.40 bits per heavy atom. The Kier molecular flexibility index (Phi) is 5.28. The molecule has 1 atom stereocenters. The summed E-state index contributed by atoms with van der Waals surface area (Å²) in [6, 6.07) is 0. The Balaban J connectivity index is 4.56. The molecule has 0 saturated heterocycles. The fourth-order valence-electron chi connectivity index (χ4n) is 1.48. The fraction of sp³-hybridized carbons (Fsp3) is 0.800. The third kappa shape index (κ3) is 4.29. The van der Waals surface area contributed by atoms with E-state index in [1.807, 2.05) is 6.92 Å². The van der Waals surface area contributed by atoms with Crippen LogP contribution in [0.15, 0.2) is 0 Å². The summed E-state index contributed by atoms with van der Waals surface area (Å²) >= 11 is 0. The lowest BCUT2D eigenvalue weighted by atomic mass is 9.96. The summed E-state index contributed by atoms with van der Waals surface area (Å²) in [5.74, 6) is -1.31. The summed E-state index contributed by atoms with van der Waals surface area (Å²) in [5, 5.41) is 8.62. The highest BCUT2D eigenvalue weighted by molar-refractivity contribution is 5.88. The Morgan fingerprint density at radius 3 is 2.27 bits per heavy atom. The van der Waals surface area contributed by atoms with Crippen LogP contribution in [0.2, 0.25) is 0 Å². The van der Waals surface area contributed by atoms with Crippen LogP contribution in [0, 0.1) is 0 Å². The largest absolute Gasteiger partial charge is 0.480 e. The third-order valence-corrected chi connectivity index (χ3v) is 2.25. The minimum absolute atomic E-state index is 0.286. The lowest BCUT2D eigenvalue weighted by Crippen LogP contribution is -2.54. The highest BCUT2D eigenvalue weighted by Crippen LogP contribution is 2.12. The number of aliphatic carboxylic acids is 1. The van der Waals surface area contributed by atoms with E-state index < -0.39 is 11.5 Å². The van der Waals surface area contributed by atoms with Crippen LogP contribution in [0.3, 0.4) is 0 Å². The lowest BCUT2D eigenvalue weighted by molar-refractivity contribution is -0.146. The van der Waals surface area contributed by atoms with Gasteiger partial charge in [-0.3, -0.25) is 9.59 Å². The van der Waals surface area contributed by atoms with Crippen molar-refractivity contribution in [1.29, 1.82) is 0 Å². The summed E-state index contributed by atoms with van der Waals surface area (Å²) < 4.78 is 0. The van der Waals surface area contributed by atoms with Crippen molar-refractivity contribution in [2.24, 2.45) is 5.73 Å². The summed E-state index contributed by atoms with van der Waals surface area (Å²) in [7, 11) is 0. The van der Waals surface area contributed by atoms with Crippen molar-refractivity contribution in [2.45, 2.75) is 39.2 Å². The molecular formula is C10H20N2O3. The van der Waals surface area contributed by atoms with Gasteiger partial charge in [0.05, 0.1) is 5.54 Å². The highest BCUT2D eigenvalue weighted by Gasteiger charge is 2.31. The summed E-state index contributed by atoms with van der Waals surface area (Å²) in [6.07, 6.45) is 1.35. The van der Waals surface area contributed by atoms with Crippen molar-refractivity contribution in [1.82, 2.24) is 4.90 Å². The molecular weight excluding hydrogens is 196 g/mol. The number of hydrogen-bond donors (Lipinski definition) is 2. The molecule has 0 aliphatic heterocycles. The number of hydrogen-bond acceptors (Lipinski definition) is 3. The second-order valence-electron chi connectivity index (χ2n) is 3.88. The number of likely N-dealkylation sites (N-methyl/N-ethyl adjacent to an activating group) is 1. The monoisotopic (exact) mass is 216 g/mol. The van der Waals surface area contributed by atoms with Gasteiger partial charge in [-0.25, -0.2) is 0 Å². The number of carboxylic acids is 1. The molecule has 3 N–H and O–H groups in total. The van der Waals surface area contributed by atoms with Gasteiger partial charge in [-0.15, -0.1) is 0 Å². The molecule has 5 nitrogen and oxygen atoms in total. The number of nitrogens with zero attached hydrogens (tertiary/aromatic N) is 1. The smallest absolute Gasteiger partial charge is 0.323 e. The van der Waals surface area contributed by atoms with Gasteiger partial charge in [0.2, 0.25) is 5.91 Å². The van der Waals surface area contributed by atoms with Gasteiger partial charge in [0.25, 0.3) is 0 Å². The van der Waals surface area contributed by atoms with Gasteiger partial charge in [0, 0.05) is 6.54 Å². The average Bonchev–Trinajstić information content (AvgIpc) is 2.12. The lowest BCUT2D eigenvalue weighted by Gasteiger charge is -2.29. The van der Waals surface area contributed by atoms with Crippen molar-refractivity contribution in [3.8, 4) is 0 Å². The molecule has 0 aromatic rings. The van der Waals surface area contributed by atoms with Crippen LogP contribution in [-0.4, -0.2) is 40.5 Å². The molecule has 0 radical (unpaired) electrons. The minimum atomic E-state index is -1.02. The molecule has 0 aromatic carbocycles. The maximum atomic E-state index is 11.9. The molecule has 0 aliphatic rings. The van der Waals surface area contributed by atoms with E-state index in [4.69, 9.17) is 10.8 Å². The van der Waals surface area contributed by atoms with E-state index >= 15 is 0 Å². The predicted octanol–water partition coefficient (Wildman–Crippen LogP) is 0.437. The molecule has 0 aromatic heterocycles. The first-order chi connectivity index (χ1) is 6.85. The Hall–Kier alpha value is -1.10. The van der Waals surface area contributed by atoms with Crippen LogP contribution in [0.1, 0.15) is 33.6 Å². The van der Waals surface area contributed by atoms with E-state index in [1.165, 1.54) is 4.90 Å². The highest BCUT2D eigenvalue weighted by atomic mass is 16.4. The van der Waals surface area contributed by atoms with Gasteiger partial charge in [-0.1, -0.05) is 13.3 Å². The van der Waals surface area contributed by atoms with Gasteiger partial charge in [-0.05, 0) is 20.3 Å². The molecule has 1 unspecified atom stereocenters. The maximum absolute atomic E-state index is 11.9. The van der Waals surface area contributed by atoms with E-state index in [0.717, 1.165) is 6.42 Å². The molecule has 0 bridgehead atoms. The normalized spacial score (nSPS) is 14.4.